The number of benzene rings is 2. The molecule has 7 nitrogen and oxygen atoms in total. The molecule has 182 valence electrons. The highest BCUT2D eigenvalue weighted by Crippen LogP contribution is 2.39. The second-order valence-corrected chi connectivity index (χ2v) is 8.77. The first-order valence-corrected chi connectivity index (χ1v) is 11.4. The minimum atomic E-state index is -2.68. The molecule has 6 rings (SSSR count). The summed E-state index contributed by atoms with van der Waals surface area (Å²) in [4.78, 5) is 13.1. The van der Waals surface area contributed by atoms with E-state index in [0.29, 0.717) is 28.5 Å². The van der Waals surface area contributed by atoms with E-state index in [9.17, 15) is 13.2 Å². The molecule has 5 aromatic rings. The van der Waals surface area contributed by atoms with Crippen molar-refractivity contribution in [1.82, 2.24) is 29.5 Å². The van der Waals surface area contributed by atoms with Crippen LogP contribution in [-0.4, -0.2) is 42.5 Å². The Morgan fingerprint density at radius 3 is 2.56 bits per heavy atom. The molecule has 3 heterocycles. The minimum absolute atomic E-state index is 0.0251. The summed E-state index contributed by atoms with van der Waals surface area (Å²) in [7, 11) is 0. The Balaban J connectivity index is 1.50. The molecule has 0 unspecified atom stereocenters. The highest BCUT2D eigenvalue weighted by Gasteiger charge is 2.25. The highest BCUT2D eigenvalue weighted by atomic mass is 19.3. The predicted molar refractivity (Wildman–Crippen MR) is 126 cm³/mol. The van der Waals surface area contributed by atoms with Gasteiger partial charge in [-0.2, -0.15) is 4.98 Å². The molecule has 0 saturated heterocycles. The van der Waals surface area contributed by atoms with E-state index in [1.54, 1.807) is 31.5 Å². The molecule has 0 amide bonds. The number of rotatable bonds is 6. The lowest BCUT2D eigenvalue weighted by Crippen LogP contribution is -2.13. The van der Waals surface area contributed by atoms with Crippen molar-refractivity contribution in [3.05, 3.63) is 65.9 Å². The zero-order valence-electron chi connectivity index (χ0n) is 19.0. The molecule has 0 spiro atoms. The number of nitrogens with zero attached hydrogens (tertiary/aromatic N) is 6. The van der Waals surface area contributed by atoms with Crippen LogP contribution in [0.1, 0.15) is 30.3 Å². The fourth-order valence-electron chi connectivity index (χ4n) is 4.33. The van der Waals surface area contributed by atoms with E-state index in [2.05, 4.69) is 30.5 Å². The van der Waals surface area contributed by atoms with Crippen LogP contribution in [-0.2, 0) is 0 Å². The van der Waals surface area contributed by atoms with Crippen LogP contribution in [0.2, 0.25) is 0 Å². The summed E-state index contributed by atoms with van der Waals surface area (Å²) in [5, 5.41) is 10.4. The number of hydrogen-bond acceptors (Lipinski definition) is 6. The van der Waals surface area contributed by atoms with E-state index in [1.165, 1.54) is 22.6 Å². The Morgan fingerprint density at radius 1 is 1.03 bits per heavy atom. The van der Waals surface area contributed by atoms with E-state index >= 15 is 4.39 Å². The Morgan fingerprint density at radius 2 is 1.83 bits per heavy atom. The molecule has 0 aliphatic heterocycles. The molecule has 11 heteroatoms. The van der Waals surface area contributed by atoms with Gasteiger partial charge < -0.3 is 5.32 Å². The maximum Gasteiger partial charge on any atom is 0.257 e. The van der Waals surface area contributed by atoms with Crippen LogP contribution in [0.25, 0.3) is 39.1 Å². The average Bonchev–Trinajstić information content (AvgIpc) is 3.65. The van der Waals surface area contributed by atoms with Crippen LogP contribution < -0.4 is 5.32 Å². The summed E-state index contributed by atoms with van der Waals surface area (Å²) in [6, 6.07) is 7.26. The first kappa shape index (κ1) is 22.3. The zero-order chi connectivity index (χ0) is 25.0. The van der Waals surface area contributed by atoms with Crippen molar-refractivity contribution in [3.63, 3.8) is 0 Å². The number of halogens is 4. The van der Waals surface area contributed by atoms with Gasteiger partial charge >= 0.3 is 0 Å². The van der Waals surface area contributed by atoms with Gasteiger partial charge in [0.05, 0.1) is 35.0 Å². The lowest BCUT2D eigenvalue weighted by molar-refractivity contribution is 0.163. The van der Waals surface area contributed by atoms with Crippen molar-refractivity contribution >= 4 is 22.5 Å². The largest absolute Gasteiger partial charge is 0.364 e. The van der Waals surface area contributed by atoms with Crippen molar-refractivity contribution in [2.45, 2.75) is 32.1 Å². The third-order valence-corrected chi connectivity index (χ3v) is 6.21. The Hall–Kier alpha value is -4.15. The van der Waals surface area contributed by atoms with Gasteiger partial charge in [0.2, 0.25) is 0 Å². The fourth-order valence-corrected chi connectivity index (χ4v) is 4.33. The van der Waals surface area contributed by atoms with E-state index in [0.717, 1.165) is 18.5 Å². The SMILES string of the molecule is Cc1nnc2nc(NCC(F)F)c3c(F)c(-c4cc(F)cc(-c5cnc(C6CC6)cn5)c4)ccc3n12. The zero-order valence-corrected chi connectivity index (χ0v) is 19.0. The maximum atomic E-state index is 16.0. The van der Waals surface area contributed by atoms with Gasteiger partial charge in [0.15, 0.2) is 0 Å². The summed E-state index contributed by atoms with van der Waals surface area (Å²) >= 11 is 0. The molecule has 0 bridgehead atoms. The number of aryl methyl sites for hydroxylation is 1. The number of aromatic nitrogens is 6. The number of nitrogens with one attached hydrogen (secondary N) is 1. The molecule has 1 fully saturated rings. The molecule has 0 radical (unpaired) electrons. The van der Waals surface area contributed by atoms with Gasteiger partial charge in [-0.1, -0.05) is 0 Å². The van der Waals surface area contributed by atoms with E-state index in [1.807, 2.05) is 0 Å². The molecule has 0 atom stereocenters. The molecule has 36 heavy (non-hydrogen) atoms. The minimum Gasteiger partial charge on any atom is -0.364 e. The van der Waals surface area contributed by atoms with Crippen LogP contribution in [0.4, 0.5) is 23.4 Å². The first-order valence-electron chi connectivity index (χ1n) is 11.4. The fraction of sp³-hybridized carbons (Fsp3) is 0.240. The Kier molecular flexibility index (Phi) is 5.27. The maximum absolute atomic E-state index is 16.0. The summed E-state index contributed by atoms with van der Waals surface area (Å²) in [6.07, 6.45) is 2.77. The van der Waals surface area contributed by atoms with E-state index in [4.69, 9.17) is 0 Å². The third-order valence-electron chi connectivity index (χ3n) is 6.21. The molecule has 1 aliphatic carbocycles. The monoisotopic (exact) mass is 493 g/mol. The molecule has 1 saturated carbocycles. The molecule has 3 aromatic heterocycles. The second kappa shape index (κ2) is 8.51. The van der Waals surface area contributed by atoms with Gasteiger partial charge in [-0.15, -0.1) is 10.2 Å². The summed E-state index contributed by atoms with van der Waals surface area (Å²) in [5.41, 5.74) is 2.50. The first-order chi connectivity index (χ1) is 17.4. The van der Waals surface area contributed by atoms with Crippen molar-refractivity contribution in [3.8, 4) is 22.4 Å². The van der Waals surface area contributed by atoms with Crippen molar-refractivity contribution < 1.29 is 17.6 Å². The quantitative estimate of drug-likeness (QED) is 0.313. The smallest absolute Gasteiger partial charge is 0.257 e. The summed E-state index contributed by atoms with van der Waals surface area (Å²) in [5.74, 6) is -0.374. The standard InChI is InChI=1S/C25H19F4N7/c1-12-34-35-25-33-24(32-11-21(27)28)22-20(36(12)25)5-4-17(23(22)29)14-6-15(8-16(26)7-14)19-10-30-18(9-31-19)13-2-3-13/h4-10,13,21H,2-3,11H2,1H3,(H,32,33,35). The van der Waals surface area contributed by atoms with E-state index in [-0.39, 0.29) is 28.1 Å². The molecule has 2 aromatic carbocycles. The number of anilines is 1. The number of alkyl halides is 2. The number of fused-ring (bicyclic) bond motifs is 3. The van der Waals surface area contributed by atoms with Crippen LogP contribution in [0.5, 0.6) is 0 Å². The van der Waals surface area contributed by atoms with Gasteiger partial charge in [-0.3, -0.25) is 14.4 Å². The second-order valence-electron chi connectivity index (χ2n) is 8.77. The number of hydrogen-bond donors (Lipinski definition) is 1. The van der Waals surface area contributed by atoms with Gasteiger partial charge in [-0.25, -0.2) is 17.6 Å². The molecule has 1 N–H and O–H groups in total. The lowest BCUT2D eigenvalue weighted by atomic mass is 9.99. The van der Waals surface area contributed by atoms with Gasteiger partial charge in [0, 0.05) is 23.2 Å². The third kappa shape index (κ3) is 3.90. The highest BCUT2D eigenvalue weighted by molar-refractivity contribution is 5.95. The topological polar surface area (TPSA) is 80.9 Å². The molecule has 1 aliphatic rings. The van der Waals surface area contributed by atoms with E-state index < -0.39 is 24.6 Å². The Labute approximate surface area is 202 Å². The Bertz CT molecular complexity index is 1610. The van der Waals surface area contributed by atoms with Crippen molar-refractivity contribution in [2.75, 3.05) is 11.9 Å². The predicted octanol–water partition coefficient (Wildman–Crippen LogP) is 5.54. The molecular weight excluding hydrogens is 474 g/mol. The average molecular weight is 493 g/mol. The summed E-state index contributed by atoms with van der Waals surface area (Å²) < 4.78 is 58.1. The van der Waals surface area contributed by atoms with Gasteiger partial charge in [0.1, 0.15) is 23.3 Å². The van der Waals surface area contributed by atoms with Gasteiger partial charge in [-0.05, 0) is 55.7 Å². The lowest BCUT2D eigenvalue weighted by Gasteiger charge is -2.14. The van der Waals surface area contributed by atoms with Crippen LogP contribution in [0.3, 0.4) is 0 Å². The van der Waals surface area contributed by atoms with Crippen LogP contribution in [0, 0.1) is 18.6 Å². The van der Waals surface area contributed by atoms with Crippen molar-refractivity contribution in [2.24, 2.45) is 0 Å². The van der Waals surface area contributed by atoms with Crippen molar-refractivity contribution in [1.29, 1.82) is 0 Å². The van der Waals surface area contributed by atoms with Crippen LogP contribution >= 0.6 is 0 Å². The van der Waals surface area contributed by atoms with Crippen LogP contribution in [0.15, 0.2) is 42.7 Å². The normalized spacial score (nSPS) is 13.7. The molecular formula is C25H19F4N7. The van der Waals surface area contributed by atoms with Gasteiger partial charge in [0.25, 0.3) is 12.2 Å². The summed E-state index contributed by atoms with van der Waals surface area (Å²) in [6.45, 7) is 0.947.